The molecule has 2 heterocycles. The van der Waals surface area contributed by atoms with Gasteiger partial charge in [-0.3, -0.25) is 20.0 Å². The van der Waals surface area contributed by atoms with Gasteiger partial charge in [0.2, 0.25) is 0 Å². The summed E-state index contributed by atoms with van der Waals surface area (Å²) in [6.45, 7) is 2.49. The number of benzene rings is 2. The molecule has 3 aromatic rings. The second kappa shape index (κ2) is 7.92. The molecule has 8 nitrogen and oxygen atoms in total. The number of carbonyl (C=O) groups excluding carboxylic acids is 1. The summed E-state index contributed by atoms with van der Waals surface area (Å²) in [5.74, 6) is -0.120. The van der Waals surface area contributed by atoms with Crippen molar-refractivity contribution in [2.75, 3.05) is 31.1 Å². The van der Waals surface area contributed by atoms with Crippen molar-refractivity contribution in [3.05, 3.63) is 75.4 Å². The zero-order valence-corrected chi connectivity index (χ0v) is 16.2. The second-order valence-corrected chi connectivity index (χ2v) is 7.10. The third-order valence-electron chi connectivity index (χ3n) is 5.00. The summed E-state index contributed by atoms with van der Waals surface area (Å²) in [6, 6.07) is 13.7. The van der Waals surface area contributed by atoms with E-state index < -0.39 is 4.92 Å². The van der Waals surface area contributed by atoms with Crippen LogP contribution in [0.25, 0.3) is 11.3 Å². The number of aromatic nitrogens is 2. The lowest BCUT2D eigenvalue weighted by Gasteiger charge is -2.36. The van der Waals surface area contributed by atoms with E-state index in [1.54, 1.807) is 17.0 Å². The number of non-ortho nitro benzene ring substituents is 1. The summed E-state index contributed by atoms with van der Waals surface area (Å²) >= 11 is 6.28. The third kappa shape index (κ3) is 3.79. The molecule has 1 amide bonds. The predicted molar refractivity (Wildman–Crippen MR) is 110 cm³/mol. The smallest absolute Gasteiger partial charge is 0.269 e. The first-order valence-electron chi connectivity index (χ1n) is 9.11. The molecule has 1 aliphatic rings. The molecule has 148 valence electrons. The van der Waals surface area contributed by atoms with E-state index in [2.05, 4.69) is 15.1 Å². The van der Waals surface area contributed by atoms with Crippen LogP contribution in [-0.4, -0.2) is 52.1 Å². The molecule has 9 heteroatoms. The summed E-state index contributed by atoms with van der Waals surface area (Å²) in [6.07, 6.45) is 1.50. The SMILES string of the molecule is O=C(c1cn[nH]c1-c1ccc([N+](=O)[O-])cc1)N1CCN(c2ccccc2Cl)CC1. The van der Waals surface area contributed by atoms with Crippen molar-refractivity contribution < 1.29 is 9.72 Å². The van der Waals surface area contributed by atoms with Gasteiger partial charge >= 0.3 is 0 Å². The minimum Gasteiger partial charge on any atom is -0.367 e. The van der Waals surface area contributed by atoms with Gasteiger partial charge in [0.05, 0.1) is 33.1 Å². The maximum Gasteiger partial charge on any atom is 0.269 e. The Morgan fingerprint density at radius 1 is 1.07 bits per heavy atom. The first-order chi connectivity index (χ1) is 14.0. The Labute approximate surface area is 171 Å². The molecular weight excluding hydrogens is 394 g/mol. The second-order valence-electron chi connectivity index (χ2n) is 6.69. The number of para-hydroxylation sites is 1. The molecule has 1 saturated heterocycles. The lowest BCUT2D eigenvalue weighted by molar-refractivity contribution is -0.384. The number of nitro benzene ring substituents is 1. The van der Waals surface area contributed by atoms with Gasteiger partial charge in [0.1, 0.15) is 0 Å². The normalized spacial score (nSPS) is 14.1. The van der Waals surface area contributed by atoms with Crippen LogP contribution < -0.4 is 4.90 Å². The maximum atomic E-state index is 13.1. The number of H-pyrrole nitrogens is 1. The average molecular weight is 412 g/mol. The molecule has 1 aromatic heterocycles. The molecular formula is C20H18ClN5O3. The van der Waals surface area contributed by atoms with Crippen molar-refractivity contribution in [2.24, 2.45) is 0 Å². The van der Waals surface area contributed by atoms with Crippen LogP contribution in [-0.2, 0) is 0 Å². The van der Waals surface area contributed by atoms with Gasteiger partial charge in [-0.2, -0.15) is 5.10 Å². The van der Waals surface area contributed by atoms with E-state index in [1.807, 2.05) is 24.3 Å². The zero-order valence-electron chi connectivity index (χ0n) is 15.4. The minimum absolute atomic E-state index is 0.00293. The van der Waals surface area contributed by atoms with Crippen molar-refractivity contribution >= 4 is 28.9 Å². The van der Waals surface area contributed by atoms with Crippen LogP contribution in [0.1, 0.15) is 10.4 Å². The molecule has 29 heavy (non-hydrogen) atoms. The Morgan fingerprint density at radius 2 is 1.76 bits per heavy atom. The van der Waals surface area contributed by atoms with Crippen LogP contribution in [0.2, 0.25) is 5.02 Å². The summed E-state index contributed by atoms with van der Waals surface area (Å²) in [5.41, 5.74) is 2.64. The molecule has 1 aliphatic heterocycles. The van der Waals surface area contributed by atoms with Gasteiger partial charge in [0.25, 0.3) is 11.6 Å². The topological polar surface area (TPSA) is 95.4 Å². The fraction of sp³-hybridized carbons (Fsp3) is 0.200. The number of piperazine rings is 1. The Morgan fingerprint density at radius 3 is 2.41 bits per heavy atom. The van der Waals surface area contributed by atoms with Crippen molar-refractivity contribution in [1.29, 1.82) is 0 Å². The number of hydrogen-bond donors (Lipinski definition) is 1. The average Bonchev–Trinajstić information content (AvgIpc) is 3.24. The fourth-order valence-electron chi connectivity index (χ4n) is 3.45. The molecule has 2 aromatic carbocycles. The van der Waals surface area contributed by atoms with E-state index in [0.717, 1.165) is 5.69 Å². The van der Waals surface area contributed by atoms with E-state index in [4.69, 9.17) is 11.6 Å². The van der Waals surface area contributed by atoms with Gasteiger partial charge < -0.3 is 9.80 Å². The van der Waals surface area contributed by atoms with E-state index in [1.165, 1.54) is 18.3 Å². The largest absolute Gasteiger partial charge is 0.367 e. The van der Waals surface area contributed by atoms with Crippen LogP contribution >= 0.6 is 11.6 Å². The van der Waals surface area contributed by atoms with Crippen LogP contribution in [0.5, 0.6) is 0 Å². The lowest BCUT2D eigenvalue weighted by Crippen LogP contribution is -2.48. The van der Waals surface area contributed by atoms with Crippen molar-refractivity contribution in [2.45, 2.75) is 0 Å². The summed E-state index contributed by atoms with van der Waals surface area (Å²) in [7, 11) is 0. The fourth-order valence-corrected chi connectivity index (χ4v) is 3.70. The number of halogens is 1. The number of hydrogen-bond acceptors (Lipinski definition) is 5. The van der Waals surface area contributed by atoms with Gasteiger partial charge in [-0.15, -0.1) is 0 Å². The Balaban J connectivity index is 1.48. The van der Waals surface area contributed by atoms with Crippen LogP contribution in [0.15, 0.2) is 54.7 Å². The number of anilines is 1. The standard InChI is InChI=1S/C20H18ClN5O3/c21-17-3-1-2-4-18(17)24-9-11-25(12-10-24)20(27)16-13-22-23-19(16)14-5-7-15(8-6-14)26(28)29/h1-8,13H,9-12H2,(H,22,23). The number of nitrogens with zero attached hydrogens (tertiary/aromatic N) is 4. The van der Waals surface area contributed by atoms with E-state index in [9.17, 15) is 14.9 Å². The highest BCUT2D eigenvalue weighted by Crippen LogP contribution is 2.28. The van der Waals surface area contributed by atoms with Crippen molar-refractivity contribution in [1.82, 2.24) is 15.1 Å². The van der Waals surface area contributed by atoms with Crippen molar-refractivity contribution in [3.63, 3.8) is 0 Å². The van der Waals surface area contributed by atoms with Crippen molar-refractivity contribution in [3.8, 4) is 11.3 Å². The zero-order chi connectivity index (χ0) is 20.4. The number of nitrogens with one attached hydrogen (secondary N) is 1. The van der Waals surface area contributed by atoms with Gasteiger partial charge in [-0.25, -0.2) is 0 Å². The number of nitro groups is 1. The minimum atomic E-state index is -0.457. The highest BCUT2D eigenvalue weighted by molar-refractivity contribution is 6.33. The summed E-state index contributed by atoms with van der Waals surface area (Å²) in [4.78, 5) is 27.4. The van der Waals surface area contributed by atoms with Crippen LogP contribution in [0.4, 0.5) is 11.4 Å². The predicted octanol–water partition coefficient (Wildman–Crippen LogP) is 3.60. The van der Waals surface area contributed by atoms with E-state index >= 15 is 0 Å². The molecule has 0 saturated carbocycles. The highest BCUT2D eigenvalue weighted by Gasteiger charge is 2.26. The summed E-state index contributed by atoms with van der Waals surface area (Å²) in [5, 5.41) is 18.4. The van der Waals surface area contributed by atoms with Crippen LogP contribution in [0, 0.1) is 10.1 Å². The van der Waals surface area contributed by atoms with Crippen LogP contribution in [0.3, 0.4) is 0 Å². The quantitative estimate of drug-likeness (QED) is 0.522. The Kier molecular flexibility index (Phi) is 5.18. The number of carbonyl (C=O) groups is 1. The molecule has 0 unspecified atom stereocenters. The molecule has 1 fully saturated rings. The molecule has 0 aliphatic carbocycles. The van der Waals surface area contributed by atoms with E-state index in [0.29, 0.717) is 48.0 Å². The lowest BCUT2D eigenvalue weighted by atomic mass is 10.1. The van der Waals surface area contributed by atoms with E-state index in [-0.39, 0.29) is 11.6 Å². The molecule has 0 atom stereocenters. The van der Waals surface area contributed by atoms with Gasteiger partial charge in [-0.1, -0.05) is 23.7 Å². The molecule has 0 radical (unpaired) electrons. The molecule has 0 bridgehead atoms. The number of aromatic amines is 1. The Bertz CT molecular complexity index is 1040. The van der Waals surface area contributed by atoms with Gasteiger partial charge in [-0.05, 0) is 24.3 Å². The van der Waals surface area contributed by atoms with Gasteiger partial charge in [0, 0.05) is 43.9 Å². The first kappa shape index (κ1) is 18.9. The molecule has 1 N–H and O–H groups in total. The Hall–Kier alpha value is -3.39. The number of amides is 1. The first-order valence-corrected chi connectivity index (χ1v) is 9.49. The molecule has 0 spiro atoms. The molecule has 4 rings (SSSR count). The monoisotopic (exact) mass is 411 g/mol. The summed E-state index contributed by atoms with van der Waals surface area (Å²) < 4.78 is 0. The third-order valence-corrected chi connectivity index (χ3v) is 5.32. The number of rotatable bonds is 4. The maximum absolute atomic E-state index is 13.1. The van der Waals surface area contributed by atoms with Gasteiger partial charge in [0.15, 0.2) is 0 Å². The highest BCUT2D eigenvalue weighted by atomic mass is 35.5.